The number of hydrogen-bond donors (Lipinski definition) is 2. The van der Waals surface area contributed by atoms with Crippen LogP contribution in [0.4, 0.5) is 0 Å². The van der Waals surface area contributed by atoms with Crippen molar-refractivity contribution < 1.29 is 19.7 Å². The number of carbonyl (C=O) groups is 1. The van der Waals surface area contributed by atoms with Crippen LogP contribution in [0.3, 0.4) is 0 Å². The lowest BCUT2D eigenvalue weighted by atomic mass is 10.0. The van der Waals surface area contributed by atoms with Gasteiger partial charge in [-0.15, -0.1) is 0 Å². The number of amides is 1. The summed E-state index contributed by atoms with van der Waals surface area (Å²) in [5.41, 5.74) is 2.20. The zero-order valence-electron chi connectivity index (χ0n) is 14.5. The molecule has 136 valence electrons. The third-order valence-corrected chi connectivity index (χ3v) is 4.96. The monoisotopic (exact) mass is 346 g/mol. The minimum Gasteiger partial charge on any atom is -0.389 e. The molecule has 2 heterocycles. The topological polar surface area (TPSA) is 73.2 Å². The van der Waals surface area contributed by atoms with Crippen molar-refractivity contribution in [1.29, 1.82) is 0 Å². The van der Waals surface area contributed by atoms with Gasteiger partial charge in [-0.25, -0.2) is 0 Å². The van der Waals surface area contributed by atoms with Crippen LogP contribution in [0.2, 0.25) is 0 Å². The number of aryl methyl sites for hydroxylation is 1. The first kappa shape index (κ1) is 18.1. The summed E-state index contributed by atoms with van der Waals surface area (Å²) < 4.78 is 5.34. The molecule has 2 N–H and O–H groups in total. The maximum absolute atomic E-state index is 12.3. The zero-order valence-corrected chi connectivity index (χ0v) is 14.5. The van der Waals surface area contributed by atoms with E-state index in [1.54, 1.807) is 6.08 Å². The number of rotatable bonds is 3. The molecule has 3 atom stereocenters. The maximum atomic E-state index is 12.3. The number of carbonyl (C=O) groups excluding carboxylic acids is 1. The second-order valence-electron chi connectivity index (χ2n) is 6.77. The highest BCUT2D eigenvalue weighted by Gasteiger charge is 2.36. The second-order valence-corrected chi connectivity index (χ2v) is 6.77. The Morgan fingerprint density at radius 2 is 1.80 bits per heavy atom. The Hall–Kier alpha value is -1.73. The van der Waals surface area contributed by atoms with E-state index in [1.807, 2.05) is 42.2 Å². The van der Waals surface area contributed by atoms with Crippen LogP contribution in [0.25, 0.3) is 6.08 Å². The van der Waals surface area contributed by atoms with Crippen LogP contribution in [0.1, 0.15) is 11.1 Å². The number of hydrogen-bond acceptors (Lipinski definition) is 5. The summed E-state index contributed by atoms with van der Waals surface area (Å²) in [6.45, 7) is 5.18. The highest BCUT2D eigenvalue weighted by Crippen LogP contribution is 2.17. The fourth-order valence-corrected chi connectivity index (χ4v) is 3.31. The SMILES string of the molecule is Cc1ccc(/C=C/C(=O)N2CCN([C@@H]3COC[C@@H](O)[C@H]3O)CC2)cc1. The van der Waals surface area contributed by atoms with Crippen LogP contribution >= 0.6 is 0 Å². The van der Waals surface area contributed by atoms with Crippen molar-refractivity contribution in [1.82, 2.24) is 9.80 Å². The van der Waals surface area contributed by atoms with Gasteiger partial charge in [-0.2, -0.15) is 0 Å². The van der Waals surface area contributed by atoms with Crippen LogP contribution < -0.4 is 0 Å². The van der Waals surface area contributed by atoms with Crippen LogP contribution in [-0.4, -0.2) is 83.6 Å². The molecular formula is C19H26N2O4. The molecule has 2 aliphatic heterocycles. The van der Waals surface area contributed by atoms with Gasteiger partial charge in [0.2, 0.25) is 5.91 Å². The lowest BCUT2D eigenvalue weighted by Gasteiger charge is -2.43. The fourth-order valence-electron chi connectivity index (χ4n) is 3.31. The van der Waals surface area contributed by atoms with E-state index < -0.39 is 12.2 Å². The Labute approximate surface area is 148 Å². The minimum absolute atomic E-state index is 0.000650. The molecule has 0 radical (unpaired) electrons. The molecule has 0 aromatic heterocycles. The average molecular weight is 346 g/mol. The van der Waals surface area contributed by atoms with E-state index in [-0.39, 0.29) is 18.6 Å². The zero-order chi connectivity index (χ0) is 17.8. The molecule has 1 aromatic rings. The summed E-state index contributed by atoms with van der Waals surface area (Å²) in [4.78, 5) is 16.3. The van der Waals surface area contributed by atoms with Crippen molar-refractivity contribution in [2.24, 2.45) is 0 Å². The standard InChI is InChI=1S/C19H26N2O4/c1-14-2-4-15(5-3-14)6-7-18(23)21-10-8-20(9-11-21)16-12-25-13-17(22)19(16)24/h2-7,16-17,19,22,24H,8-13H2,1H3/b7-6+/t16-,17-,19+/m1/s1. The summed E-state index contributed by atoms with van der Waals surface area (Å²) in [6, 6.07) is 7.83. The first-order chi connectivity index (χ1) is 12.0. The molecule has 3 rings (SSSR count). The number of aliphatic hydroxyl groups excluding tert-OH is 2. The molecule has 0 saturated carbocycles. The van der Waals surface area contributed by atoms with Gasteiger partial charge >= 0.3 is 0 Å². The van der Waals surface area contributed by atoms with E-state index in [1.165, 1.54) is 5.56 Å². The van der Waals surface area contributed by atoms with Gasteiger partial charge < -0.3 is 19.8 Å². The lowest BCUT2D eigenvalue weighted by Crippen LogP contribution is -2.60. The molecule has 25 heavy (non-hydrogen) atoms. The number of aliphatic hydroxyl groups is 2. The second kappa shape index (κ2) is 8.10. The van der Waals surface area contributed by atoms with E-state index in [2.05, 4.69) is 4.90 Å². The summed E-state index contributed by atoms with van der Waals surface area (Å²) in [5.74, 6) is 0.000650. The molecule has 1 amide bonds. The van der Waals surface area contributed by atoms with E-state index in [9.17, 15) is 15.0 Å². The van der Waals surface area contributed by atoms with Gasteiger partial charge in [0.05, 0.1) is 25.4 Å². The van der Waals surface area contributed by atoms with E-state index in [0.717, 1.165) is 5.56 Å². The Morgan fingerprint density at radius 1 is 1.12 bits per heavy atom. The molecule has 6 heteroatoms. The third kappa shape index (κ3) is 4.46. The number of piperazine rings is 1. The van der Waals surface area contributed by atoms with Crippen molar-refractivity contribution >= 4 is 12.0 Å². The van der Waals surface area contributed by atoms with Crippen LogP contribution in [-0.2, 0) is 9.53 Å². The Morgan fingerprint density at radius 3 is 2.48 bits per heavy atom. The van der Waals surface area contributed by atoms with Crippen molar-refractivity contribution in [3.63, 3.8) is 0 Å². The van der Waals surface area contributed by atoms with E-state index in [4.69, 9.17) is 4.74 Å². The lowest BCUT2D eigenvalue weighted by molar-refractivity contribution is -0.142. The third-order valence-electron chi connectivity index (χ3n) is 4.96. The van der Waals surface area contributed by atoms with Gasteiger partial charge in [-0.3, -0.25) is 9.69 Å². The Bertz CT molecular complexity index is 608. The van der Waals surface area contributed by atoms with Crippen molar-refractivity contribution in [3.8, 4) is 0 Å². The minimum atomic E-state index is -0.837. The maximum Gasteiger partial charge on any atom is 0.246 e. The largest absolute Gasteiger partial charge is 0.389 e. The van der Waals surface area contributed by atoms with Crippen LogP contribution in [0.5, 0.6) is 0 Å². The highest BCUT2D eigenvalue weighted by molar-refractivity contribution is 5.91. The molecule has 6 nitrogen and oxygen atoms in total. The first-order valence-corrected chi connectivity index (χ1v) is 8.76. The molecule has 1 aromatic carbocycles. The molecular weight excluding hydrogens is 320 g/mol. The Kier molecular flexibility index (Phi) is 5.86. The predicted octanol–water partition coefficient (Wildman–Crippen LogP) is 0.273. The number of ether oxygens (including phenoxy) is 1. The molecule has 2 aliphatic rings. The fraction of sp³-hybridized carbons (Fsp3) is 0.526. The highest BCUT2D eigenvalue weighted by atomic mass is 16.5. The quantitative estimate of drug-likeness (QED) is 0.769. The summed E-state index contributed by atoms with van der Waals surface area (Å²) in [6.07, 6.45) is 1.82. The van der Waals surface area contributed by atoms with Crippen molar-refractivity contribution in [3.05, 3.63) is 41.5 Å². The van der Waals surface area contributed by atoms with Crippen LogP contribution in [0.15, 0.2) is 30.3 Å². The predicted molar refractivity (Wildman–Crippen MR) is 95.0 cm³/mol. The molecule has 0 aliphatic carbocycles. The van der Waals surface area contributed by atoms with Gasteiger partial charge in [-0.05, 0) is 18.6 Å². The summed E-state index contributed by atoms with van der Waals surface area (Å²) in [5, 5.41) is 19.9. The number of nitrogens with zero attached hydrogens (tertiary/aromatic N) is 2. The van der Waals surface area contributed by atoms with Gasteiger partial charge in [0.25, 0.3) is 0 Å². The molecule has 0 unspecified atom stereocenters. The van der Waals surface area contributed by atoms with E-state index >= 15 is 0 Å². The normalized spacial score (nSPS) is 28.4. The Balaban J connectivity index is 1.51. The molecule has 2 fully saturated rings. The van der Waals surface area contributed by atoms with Crippen molar-refractivity contribution in [2.75, 3.05) is 39.4 Å². The smallest absolute Gasteiger partial charge is 0.246 e. The molecule has 2 saturated heterocycles. The summed E-state index contributed by atoms with van der Waals surface area (Å²) in [7, 11) is 0. The number of benzene rings is 1. The van der Waals surface area contributed by atoms with Gasteiger partial charge in [0, 0.05) is 32.3 Å². The van der Waals surface area contributed by atoms with Crippen molar-refractivity contribution in [2.45, 2.75) is 25.2 Å². The average Bonchev–Trinajstić information content (AvgIpc) is 2.63. The van der Waals surface area contributed by atoms with E-state index in [0.29, 0.717) is 32.8 Å². The first-order valence-electron chi connectivity index (χ1n) is 8.76. The molecule has 0 bridgehead atoms. The summed E-state index contributed by atoms with van der Waals surface area (Å²) >= 11 is 0. The molecule has 0 spiro atoms. The van der Waals surface area contributed by atoms with Gasteiger partial charge in [0.1, 0.15) is 6.10 Å². The van der Waals surface area contributed by atoms with Gasteiger partial charge in [-0.1, -0.05) is 29.8 Å². The van der Waals surface area contributed by atoms with Crippen LogP contribution in [0, 0.1) is 6.92 Å². The van der Waals surface area contributed by atoms with Gasteiger partial charge in [0.15, 0.2) is 0 Å².